The highest BCUT2D eigenvalue weighted by Gasteiger charge is 2.15. The Morgan fingerprint density at radius 1 is 1.12 bits per heavy atom. The predicted octanol–water partition coefficient (Wildman–Crippen LogP) is 2.69. The summed E-state index contributed by atoms with van der Waals surface area (Å²) in [7, 11) is 5.88. The summed E-state index contributed by atoms with van der Waals surface area (Å²) in [5, 5.41) is 2.77. The number of hydrogen-bond acceptors (Lipinski definition) is 2. The maximum Gasteiger partial charge on any atom is 0.277 e. The fourth-order valence-corrected chi connectivity index (χ4v) is 2.82. The topological polar surface area (TPSA) is 40.2 Å². The molecule has 0 bridgehead atoms. The van der Waals surface area contributed by atoms with Crippen molar-refractivity contribution in [1.29, 1.82) is 0 Å². The minimum atomic E-state index is 0.116. The van der Waals surface area contributed by atoms with Gasteiger partial charge >= 0.3 is 0 Å². The fourth-order valence-electron chi connectivity index (χ4n) is 2.62. The van der Waals surface area contributed by atoms with E-state index in [4.69, 9.17) is 11.6 Å². The zero-order chi connectivity index (χ0) is 18.4. The molecule has 0 radical (unpaired) electrons. The highest BCUT2D eigenvalue weighted by molar-refractivity contribution is 6.30. The standard InChI is InChI=1S/C20H26ClN3O/c1-15(17-6-5-7-18(21)12-17)22-13-20(25)24(4)14-16-8-10-19(11-9-16)23(2)3/h5-12,15,22H,13-14H2,1-4H3/p+1/t15-/m0/s1. The zero-order valence-corrected chi connectivity index (χ0v) is 16.1. The molecular formula is C20H27ClN3O+. The first kappa shape index (κ1) is 19.3. The van der Waals surface area contributed by atoms with Gasteiger partial charge in [-0.15, -0.1) is 0 Å². The SMILES string of the molecule is C[C@H]([NH2+]CC(=O)N(C)Cc1ccc(N(C)C)cc1)c1cccc(Cl)c1. The van der Waals surface area contributed by atoms with Crippen LogP contribution in [0.1, 0.15) is 24.1 Å². The van der Waals surface area contributed by atoms with Crippen LogP contribution in [0.25, 0.3) is 0 Å². The molecule has 0 aliphatic rings. The number of carbonyl (C=O) groups excluding carboxylic acids is 1. The molecule has 2 rings (SSSR count). The average Bonchev–Trinajstić information content (AvgIpc) is 2.59. The second kappa shape index (κ2) is 8.88. The molecule has 1 atom stereocenters. The van der Waals surface area contributed by atoms with Gasteiger partial charge in [0.15, 0.2) is 6.54 Å². The van der Waals surface area contributed by atoms with E-state index in [1.165, 1.54) is 0 Å². The van der Waals surface area contributed by atoms with Crippen molar-refractivity contribution in [3.05, 3.63) is 64.7 Å². The number of benzene rings is 2. The normalized spacial score (nSPS) is 11.9. The van der Waals surface area contributed by atoms with Crippen LogP contribution < -0.4 is 10.2 Å². The Kier molecular flexibility index (Phi) is 6.85. The molecule has 0 aromatic heterocycles. The molecule has 134 valence electrons. The van der Waals surface area contributed by atoms with Crippen molar-refractivity contribution >= 4 is 23.2 Å². The second-order valence-electron chi connectivity index (χ2n) is 6.59. The summed E-state index contributed by atoms with van der Waals surface area (Å²) in [6.45, 7) is 3.12. The van der Waals surface area contributed by atoms with E-state index in [9.17, 15) is 4.79 Å². The van der Waals surface area contributed by atoms with Crippen LogP contribution in [-0.2, 0) is 11.3 Å². The van der Waals surface area contributed by atoms with Gasteiger partial charge in [0.2, 0.25) is 0 Å². The Hall–Kier alpha value is -2.04. The van der Waals surface area contributed by atoms with E-state index in [1.807, 2.05) is 50.7 Å². The van der Waals surface area contributed by atoms with Crippen LogP contribution in [0.4, 0.5) is 5.69 Å². The van der Waals surface area contributed by atoms with Crippen molar-refractivity contribution in [2.75, 3.05) is 32.6 Å². The summed E-state index contributed by atoms with van der Waals surface area (Å²) in [6, 6.07) is 16.2. The molecule has 5 heteroatoms. The molecule has 0 unspecified atom stereocenters. The minimum Gasteiger partial charge on any atom is -0.378 e. The molecule has 2 N–H and O–H groups in total. The van der Waals surface area contributed by atoms with Gasteiger partial charge in [-0.3, -0.25) is 4.79 Å². The number of amides is 1. The summed E-state index contributed by atoms with van der Waals surface area (Å²) in [5.74, 6) is 0.116. The number of nitrogens with zero attached hydrogens (tertiary/aromatic N) is 2. The van der Waals surface area contributed by atoms with Crippen molar-refractivity contribution < 1.29 is 10.1 Å². The van der Waals surface area contributed by atoms with Gasteiger partial charge in [0.1, 0.15) is 6.04 Å². The number of hydrogen-bond donors (Lipinski definition) is 1. The molecule has 0 aliphatic heterocycles. The number of quaternary nitrogens is 1. The molecule has 0 fully saturated rings. The molecule has 0 saturated heterocycles. The summed E-state index contributed by atoms with van der Waals surface area (Å²) >= 11 is 6.03. The lowest BCUT2D eigenvalue weighted by Gasteiger charge is -2.19. The Bertz CT molecular complexity index is 700. The minimum absolute atomic E-state index is 0.116. The molecule has 2 aromatic rings. The third kappa shape index (κ3) is 5.76. The molecule has 0 aliphatic carbocycles. The number of anilines is 1. The molecule has 0 saturated carbocycles. The van der Waals surface area contributed by atoms with E-state index in [-0.39, 0.29) is 11.9 Å². The van der Waals surface area contributed by atoms with Crippen LogP contribution in [0.5, 0.6) is 0 Å². The lowest BCUT2D eigenvalue weighted by atomic mass is 10.1. The van der Waals surface area contributed by atoms with Gasteiger partial charge in [0.05, 0.1) is 0 Å². The van der Waals surface area contributed by atoms with Gasteiger partial charge in [0, 0.05) is 44.0 Å². The smallest absolute Gasteiger partial charge is 0.277 e. The summed E-state index contributed by atoms with van der Waals surface area (Å²) in [4.78, 5) is 16.2. The highest BCUT2D eigenvalue weighted by atomic mass is 35.5. The van der Waals surface area contributed by atoms with Crippen molar-refractivity contribution in [3.63, 3.8) is 0 Å². The van der Waals surface area contributed by atoms with Gasteiger partial charge in [-0.25, -0.2) is 0 Å². The van der Waals surface area contributed by atoms with E-state index in [0.717, 1.165) is 21.8 Å². The van der Waals surface area contributed by atoms with Crippen LogP contribution in [-0.4, -0.2) is 38.5 Å². The molecule has 25 heavy (non-hydrogen) atoms. The number of carbonyl (C=O) groups is 1. The quantitative estimate of drug-likeness (QED) is 0.824. The van der Waals surface area contributed by atoms with Crippen LogP contribution in [0.3, 0.4) is 0 Å². The van der Waals surface area contributed by atoms with Crippen LogP contribution in [0, 0.1) is 0 Å². The first-order valence-electron chi connectivity index (χ1n) is 8.46. The van der Waals surface area contributed by atoms with Gasteiger partial charge < -0.3 is 15.1 Å². The first-order valence-corrected chi connectivity index (χ1v) is 8.83. The second-order valence-corrected chi connectivity index (χ2v) is 7.03. The molecule has 4 nitrogen and oxygen atoms in total. The van der Waals surface area contributed by atoms with Gasteiger partial charge in [-0.05, 0) is 36.8 Å². The lowest BCUT2D eigenvalue weighted by Crippen LogP contribution is -2.86. The Morgan fingerprint density at radius 3 is 2.40 bits per heavy atom. The fraction of sp³-hybridized carbons (Fsp3) is 0.350. The van der Waals surface area contributed by atoms with Crippen LogP contribution in [0.2, 0.25) is 5.02 Å². The van der Waals surface area contributed by atoms with Crippen molar-refractivity contribution in [3.8, 4) is 0 Å². The zero-order valence-electron chi connectivity index (χ0n) is 15.4. The van der Waals surface area contributed by atoms with Crippen LogP contribution >= 0.6 is 11.6 Å². The summed E-state index contributed by atoms with van der Waals surface area (Å²) < 4.78 is 0. The Labute approximate surface area is 155 Å². The maximum atomic E-state index is 12.4. The third-order valence-electron chi connectivity index (χ3n) is 4.32. The van der Waals surface area contributed by atoms with Crippen molar-refractivity contribution in [2.24, 2.45) is 0 Å². The molecule has 0 spiro atoms. The summed E-state index contributed by atoms with van der Waals surface area (Å²) in [5.41, 5.74) is 3.41. The van der Waals surface area contributed by atoms with E-state index in [2.05, 4.69) is 36.1 Å². The van der Waals surface area contributed by atoms with Crippen molar-refractivity contribution in [2.45, 2.75) is 19.5 Å². The molecular weight excluding hydrogens is 334 g/mol. The number of halogens is 1. The van der Waals surface area contributed by atoms with E-state index in [1.54, 1.807) is 4.90 Å². The summed E-state index contributed by atoms with van der Waals surface area (Å²) in [6.07, 6.45) is 0. The molecule has 1 amide bonds. The van der Waals surface area contributed by atoms with E-state index in [0.29, 0.717) is 13.1 Å². The van der Waals surface area contributed by atoms with E-state index >= 15 is 0 Å². The average molecular weight is 361 g/mol. The van der Waals surface area contributed by atoms with E-state index < -0.39 is 0 Å². The van der Waals surface area contributed by atoms with Gasteiger partial charge in [0.25, 0.3) is 5.91 Å². The monoisotopic (exact) mass is 360 g/mol. The van der Waals surface area contributed by atoms with Crippen LogP contribution in [0.15, 0.2) is 48.5 Å². The Balaban J connectivity index is 1.85. The molecule has 0 heterocycles. The van der Waals surface area contributed by atoms with Crippen molar-refractivity contribution in [1.82, 2.24) is 4.90 Å². The number of nitrogens with two attached hydrogens (primary N) is 1. The van der Waals surface area contributed by atoms with Gasteiger partial charge in [-0.1, -0.05) is 35.9 Å². The Morgan fingerprint density at radius 2 is 1.80 bits per heavy atom. The number of likely N-dealkylation sites (N-methyl/N-ethyl adjacent to an activating group) is 1. The first-order chi connectivity index (χ1) is 11.9. The van der Waals surface area contributed by atoms with Gasteiger partial charge in [-0.2, -0.15) is 0 Å². The third-order valence-corrected chi connectivity index (χ3v) is 4.55. The lowest BCUT2D eigenvalue weighted by molar-refractivity contribution is -0.683. The number of rotatable bonds is 7. The molecule has 2 aromatic carbocycles. The highest BCUT2D eigenvalue weighted by Crippen LogP contribution is 2.15. The predicted molar refractivity (Wildman–Crippen MR) is 104 cm³/mol. The largest absolute Gasteiger partial charge is 0.378 e. The maximum absolute atomic E-state index is 12.4.